The number of ether oxygens (including phenoxy) is 4. The maximum atomic E-state index is 12.2. The molecule has 2 aliphatic heterocycles. The third-order valence-electron chi connectivity index (χ3n) is 7.04. The lowest BCUT2D eigenvalue weighted by Crippen LogP contribution is -2.36. The summed E-state index contributed by atoms with van der Waals surface area (Å²) >= 11 is 0. The monoisotopic (exact) mass is 510 g/mol. The van der Waals surface area contributed by atoms with Crippen LogP contribution in [0.1, 0.15) is 78.1 Å². The number of rotatable bonds is 18. The summed E-state index contributed by atoms with van der Waals surface area (Å²) in [6.07, 6.45) is 12.1. The predicted octanol–water partition coefficient (Wildman–Crippen LogP) is 3.97. The molecule has 0 aromatic carbocycles. The van der Waals surface area contributed by atoms with Crippen LogP contribution < -0.4 is 0 Å². The van der Waals surface area contributed by atoms with E-state index in [1.807, 2.05) is 13.8 Å². The van der Waals surface area contributed by atoms with Crippen molar-refractivity contribution in [1.29, 1.82) is 0 Å². The van der Waals surface area contributed by atoms with Crippen LogP contribution in [0.2, 0.25) is 0 Å². The minimum atomic E-state index is -0.469. The van der Waals surface area contributed by atoms with E-state index in [9.17, 15) is 9.59 Å². The molecule has 2 saturated heterocycles. The van der Waals surface area contributed by atoms with Gasteiger partial charge in [-0.3, -0.25) is 9.80 Å². The minimum Gasteiger partial charge on any atom is -0.459 e. The van der Waals surface area contributed by atoms with Gasteiger partial charge in [-0.1, -0.05) is 26.7 Å². The third kappa shape index (κ3) is 14.3. The summed E-state index contributed by atoms with van der Waals surface area (Å²) in [5.41, 5.74) is 0. The minimum absolute atomic E-state index is 0.109. The topological polar surface area (TPSA) is 77.5 Å². The summed E-state index contributed by atoms with van der Waals surface area (Å²) in [6, 6.07) is 0. The number of carbonyl (C=O) groups is 2. The number of morpholine rings is 2. The Morgan fingerprint density at radius 1 is 0.667 bits per heavy atom. The molecule has 2 aliphatic rings. The van der Waals surface area contributed by atoms with Crippen LogP contribution in [0, 0.1) is 0 Å². The SMILES string of the molecule is CCC(CCCCCN1CCOCC1)OC(=O)/C=C/C(=O)OC(CC)CCCCCN1CCOCC1. The van der Waals surface area contributed by atoms with Gasteiger partial charge in [0.25, 0.3) is 0 Å². The Kier molecular flexibility index (Phi) is 16.7. The van der Waals surface area contributed by atoms with Gasteiger partial charge in [-0.15, -0.1) is 0 Å². The molecule has 36 heavy (non-hydrogen) atoms. The lowest BCUT2D eigenvalue weighted by molar-refractivity contribution is -0.146. The molecular weight excluding hydrogens is 460 g/mol. The summed E-state index contributed by atoms with van der Waals surface area (Å²) < 4.78 is 21.9. The fourth-order valence-electron chi connectivity index (χ4n) is 4.65. The summed E-state index contributed by atoms with van der Waals surface area (Å²) in [7, 11) is 0. The molecule has 0 bridgehead atoms. The first-order valence-electron chi connectivity index (χ1n) is 14.3. The molecule has 0 aliphatic carbocycles. The molecule has 0 aromatic rings. The average Bonchev–Trinajstić information content (AvgIpc) is 2.91. The van der Waals surface area contributed by atoms with E-state index in [1.165, 1.54) is 12.2 Å². The van der Waals surface area contributed by atoms with E-state index < -0.39 is 11.9 Å². The average molecular weight is 511 g/mol. The zero-order valence-electron chi connectivity index (χ0n) is 22.8. The molecule has 8 heteroatoms. The predicted molar refractivity (Wildman–Crippen MR) is 141 cm³/mol. The maximum absolute atomic E-state index is 12.2. The van der Waals surface area contributed by atoms with Crippen molar-refractivity contribution >= 4 is 11.9 Å². The highest BCUT2D eigenvalue weighted by atomic mass is 16.5. The third-order valence-corrected chi connectivity index (χ3v) is 7.04. The van der Waals surface area contributed by atoms with Gasteiger partial charge < -0.3 is 18.9 Å². The standard InChI is InChI=1S/C28H50N2O6/c1-3-25(11-7-5-9-15-29-17-21-33-22-18-29)35-27(31)13-14-28(32)36-26(4-2)12-8-6-10-16-30-19-23-34-24-20-30/h13-14,25-26H,3-12,15-24H2,1-2H3/b14-13+. The molecule has 2 rings (SSSR count). The molecule has 0 spiro atoms. The lowest BCUT2D eigenvalue weighted by atomic mass is 10.1. The van der Waals surface area contributed by atoms with Crippen LogP contribution in [0.25, 0.3) is 0 Å². The van der Waals surface area contributed by atoms with Gasteiger partial charge in [0, 0.05) is 38.3 Å². The lowest BCUT2D eigenvalue weighted by Gasteiger charge is -2.26. The van der Waals surface area contributed by atoms with Gasteiger partial charge in [-0.2, -0.15) is 0 Å². The van der Waals surface area contributed by atoms with Gasteiger partial charge in [0.05, 0.1) is 26.4 Å². The van der Waals surface area contributed by atoms with E-state index in [2.05, 4.69) is 9.80 Å². The van der Waals surface area contributed by atoms with Crippen LogP contribution in [0.3, 0.4) is 0 Å². The van der Waals surface area contributed by atoms with E-state index >= 15 is 0 Å². The zero-order chi connectivity index (χ0) is 25.8. The number of carbonyl (C=O) groups excluding carboxylic acids is 2. The normalized spacial score (nSPS) is 19.3. The van der Waals surface area contributed by atoms with E-state index in [-0.39, 0.29) is 12.2 Å². The molecular formula is C28H50N2O6. The summed E-state index contributed by atoms with van der Waals surface area (Å²) in [5.74, 6) is -0.938. The van der Waals surface area contributed by atoms with Crippen LogP contribution in [0.5, 0.6) is 0 Å². The van der Waals surface area contributed by atoms with E-state index in [0.29, 0.717) is 0 Å². The van der Waals surface area contributed by atoms with Gasteiger partial charge in [0.1, 0.15) is 12.2 Å². The van der Waals surface area contributed by atoms with E-state index in [1.54, 1.807) is 0 Å². The molecule has 2 fully saturated rings. The van der Waals surface area contributed by atoms with Crippen LogP contribution in [0.15, 0.2) is 12.2 Å². The summed E-state index contributed by atoms with van der Waals surface area (Å²) in [6.45, 7) is 13.7. The van der Waals surface area contributed by atoms with Crippen molar-refractivity contribution in [3.05, 3.63) is 12.2 Å². The molecule has 208 valence electrons. The Bertz CT molecular complexity index is 565. The second kappa shape index (κ2) is 19.6. The molecule has 8 nitrogen and oxygen atoms in total. The summed E-state index contributed by atoms with van der Waals surface area (Å²) in [4.78, 5) is 29.3. The molecule has 0 N–H and O–H groups in total. The van der Waals surface area contributed by atoms with Crippen LogP contribution >= 0.6 is 0 Å². The van der Waals surface area contributed by atoms with Gasteiger partial charge in [0.2, 0.25) is 0 Å². The number of nitrogens with zero attached hydrogens (tertiary/aromatic N) is 2. The van der Waals surface area contributed by atoms with Crippen molar-refractivity contribution in [2.24, 2.45) is 0 Å². The number of hydrogen-bond acceptors (Lipinski definition) is 8. The Labute approximate surface area is 218 Å². The van der Waals surface area contributed by atoms with Crippen molar-refractivity contribution in [1.82, 2.24) is 9.80 Å². The highest BCUT2D eigenvalue weighted by Crippen LogP contribution is 2.13. The van der Waals surface area contributed by atoms with Crippen LogP contribution in [-0.2, 0) is 28.5 Å². The van der Waals surface area contributed by atoms with Crippen LogP contribution in [-0.4, -0.2) is 99.6 Å². The number of unbranched alkanes of at least 4 members (excludes halogenated alkanes) is 4. The Hall–Kier alpha value is -1.48. The van der Waals surface area contributed by atoms with Gasteiger partial charge in [-0.05, 0) is 64.5 Å². The van der Waals surface area contributed by atoms with Crippen molar-refractivity contribution in [3.63, 3.8) is 0 Å². The quantitative estimate of drug-likeness (QED) is 0.156. The van der Waals surface area contributed by atoms with E-state index in [4.69, 9.17) is 18.9 Å². The van der Waals surface area contributed by atoms with Gasteiger partial charge in [-0.25, -0.2) is 9.59 Å². The molecule has 0 aromatic heterocycles. The second-order valence-electron chi connectivity index (χ2n) is 9.87. The largest absolute Gasteiger partial charge is 0.459 e. The van der Waals surface area contributed by atoms with Crippen molar-refractivity contribution < 1.29 is 28.5 Å². The fourth-order valence-corrected chi connectivity index (χ4v) is 4.65. The van der Waals surface area contributed by atoms with Crippen molar-refractivity contribution in [2.45, 2.75) is 90.3 Å². The van der Waals surface area contributed by atoms with Crippen molar-refractivity contribution in [3.8, 4) is 0 Å². The van der Waals surface area contributed by atoms with Gasteiger partial charge in [0.15, 0.2) is 0 Å². The smallest absolute Gasteiger partial charge is 0.331 e. The first-order valence-corrected chi connectivity index (χ1v) is 14.3. The van der Waals surface area contributed by atoms with Crippen LogP contribution in [0.4, 0.5) is 0 Å². The molecule has 2 unspecified atom stereocenters. The first kappa shape index (κ1) is 30.7. The Morgan fingerprint density at radius 2 is 1.06 bits per heavy atom. The van der Waals surface area contributed by atoms with E-state index in [0.717, 1.165) is 130 Å². The fraction of sp³-hybridized carbons (Fsp3) is 0.857. The van der Waals surface area contributed by atoms with Crippen molar-refractivity contribution in [2.75, 3.05) is 65.7 Å². The molecule has 0 saturated carbocycles. The summed E-state index contributed by atoms with van der Waals surface area (Å²) in [5, 5.41) is 0. The first-order chi connectivity index (χ1) is 17.6. The second-order valence-corrected chi connectivity index (χ2v) is 9.87. The Morgan fingerprint density at radius 3 is 1.42 bits per heavy atom. The maximum Gasteiger partial charge on any atom is 0.331 e. The highest BCUT2D eigenvalue weighted by Gasteiger charge is 2.15. The number of hydrogen-bond donors (Lipinski definition) is 0. The van der Waals surface area contributed by atoms with Gasteiger partial charge >= 0.3 is 11.9 Å². The Balaban J connectivity index is 1.53. The zero-order valence-corrected chi connectivity index (χ0v) is 22.8. The molecule has 0 amide bonds. The highest BCUT2D eigenvalue weighted by molar-refractivity contribution is 5.91. The molecule has 2 heterocycles. The molecule has 2 atom stereocenters. The number of esters is 2. The molecule has 0 radical (unpaired) electrons.